The van der Waals surface area contributed by atoms with Crippen molar-refractivity contribution in [2.45, 2.75) is 57.2 Å². The zero-order valence-corrected chi connectivity index (χ0v) is 16.8. The number of benzene rings is 2. The van der Waals surface area contributed by atoms with E-state index in [0.29, 0.717) is 5.56 Å². The normalized spacial score (nSPS) is 16.1. The van der Waals surface area contributed by atoms with Gasteiger partial charge in [0.25, 0.3) is 0 Å². The van der Waals surface area contributed by atoms with Crippen LogP contribution in [0, 0.1) is 6.92 Å². The Bertz CT molecular complexity index is 917. The Morgan fingerprint density at radius 1 is 1.03 bits per heavy atom. The van der Waals surface area contributed by atoms with Crippen molar-refractivity contribution in [1.82, 2.24) is 5.32 Å². The summed E-state index contributed by atoms with van der Waals surface area (Å²) in [5.41, 5.74) is 5.11. The van der Waals surface area contributed by atoms with Crippen LogP contribution in [0.15, 0.2) is 42.5 Å². The van der Waals surface area contributed by atoms with Gasteiger partial charge in [-0.05, 0) is 43.0 Å². The maximum absolute atomic E-state index is 13.9. The molecule has 0 saturated heterocycles. The second-order valence-electron chi connectivity index (χ2n) is 7.85. The molecule has 0 spiro atoms. The molecule has 1 fully saturated rings. The highest BCUT2D eigenvalue weighted by Gasteiger charge is 2.38. The maximum Gasteiger partial charge on any atom is 0.416 e. The number of amides is 2. The molecule has 0 heterocycles. The molecule has 4 nitrogen and oxygen atoms in total. The number of aryl methyl sites for hydroxylation is 1. The first kappa shape index (κ1) is 21.9. The summed E-state index contributed by atoms with van der Waals surface area (Å²) < 4.78 is 41.6. The van der Waals surface area contributed by atoms with E-state index in [1.54, 1.807) is 24.3 Å². The Morgan fingerprint density at radius 3 is 2.23 bits per heavy atom. The van der Waals surface area contributed by atoms with Gasteiger partial charge in [-0.3, -0.25) is 9.59 Å². The van der Waals surface area contributed by atoms with Crippen molar-refractivity contribution >= 4 is 11.8 Å². The third-order valence-electron chi connectivity index (χ3n) is 5.58. The van der Waals surface area contributed by atoms with Gasteiger partial charge in [-0.1, -0.05) is 55.2 Å². The largest absolute Gasteiger partial charge is 0.416 e. The molecule has 7 heteroatoms. The number of primary amides is 1. The Labute approximate surface area is 173 Å². The van der Waals surface area contributed by atoms with Crippen molar-refractivity contribution in [3.63, 3.8) is 0 Å². The van der Waals surface area contributed by atoms with Gasteiger partial charge in [-0.2, -0.15) is 13.2 Å². The first-order chi connectivity index (χ1) is 14.2. The molecule has 3 rings (SSSR count). The summed E-state index contributed by atoms with van der Waals surface area (Å²) >= 11 is 0. The van der Waals surface area contributed by atoms with E-state index in [1.165, 1.54) is 12.1 Å². The van der Waals surface area contributed by atoms with E-state index in [-0.39, 0.29) is 17.2 Å². The molecule has 1 saturated carbocycles. The fourth-order valence-corrected chi connectivity index (χ4v) is 3.97. The summed E-state index contributed by atoms with van der Waals surface area (Å²) in [4.78, 5) is 24.7. The van der Waals surface area contributed by atoms with Crippen LogP contribution in [0.2, 0.25) is 0 Å². The highest BCUT2D eigenvalue weighted by Crippen LogP contribution is 2.38. The van der Waals surface area contributed by atoms with E-state index in [0.717, 1.165) is 43.7 Å². The first-order valence-corrected chi connectivity index (χ1v) is 10.0. The number of carbonyl (C=O) groups excluding carboxylic acids is 2. The number of halogens is 3. The molecule has 1 aliphatic carbocycles. The minimum Gasteiger partial charge on any atom is -0.366 e. The Balaban J connectivity index is 2.08. The summed E-state index contributed by atoms with van der Waals surface area (Å²) in [6.45, 7) is 1.86. The van der Waals surface area contributed by atoms with E-state index in [1.807, 2.05) is 6.92 Å². The fourth-order valence-electron chi connectivity index (χ4n) is 3.97. The number of rotatable bonds is 5. The monoisotopic (exact) mass is 418 g/mol. The minimum absolute atomic E-state index is 0.0431. The lowest BCUT2D eigenvalue weighted by Crippen LogP contribution is -2.40. The molecule has 30 heavy (non-hydrogen) atoms. The molecule has 1 aliphatic rings. The second-order valence-corrected chi connectivity index (χ2v) is 7.85. The average Bonchev–Trinajstić information content (AvgIpc) is 2.69. The van der Waals surface area contributed by atoms with E-state index < -0.39 is 29.5 Å². The summed E-state index contributed by atoms with van der Waals surface area (Å²) in [7, 11) is 0. The summed E-state index contributed by atoms with van der Waals surface area (Å²) in [6.07, 6.45) is -0.0316. The minimum atomic E-state index is -4.74. The fraction of sp³-hybridized carbons (Fsp3) is 0.391. The van der Waals surface area contributed by atoms with Gasteiger partial charge in [-0.25, -0.2) is 0 Å². The van der Waals surface area contributed by atoms with Gasteiger partial charge in [0.1, 0.15) is 0 Å². The second kappa shape index (κ2) is 8.90. The summed E-state index contributed by atoms with van der Waals surface area (Å²) in [6, 6.07) is 9.98. The summed E-state index contributed by atoms with van der Waals surface area (Å²) in [5.74, 6) is -2.57. The molecular formula is C23H25F3N2O2. The number of hydrogen-bond acceptors (Lipinski definition) is 2. The quantitative estimate of drug-likeness (QED) is 0.739. The van der Waals surface area contributed by atoms with Crippen molar-refractivity contribution in [2.24, 2.45) is 5.73 Å². The van der Waals surface area contributed by atoms with Gasteiger partial charge in [-0.15, -0.1) is 0 Å². The van der Waals surface area contributed by atoms with E-state index >= 15 is 0 Å². The van der Waals surface area contributed by atoms with Crippen molar-refractivity contribution in [3.05, 3.63) is 70.3 Å². The van der Waals surface area contributed by atoms with Crippen LogP contribution in [0.1, 0.15) is 70.6 Å². The molecular weight excluding hydrogens is 393 g/mol. The number of nitrogens with two attached hydrogens (primary N) is 1. The van der Waals surface area contributed by atoms with Crippen LogP contribution in [0.4, 0.5) is 13.2 Å². The molecule has 0 aromatic heterocycles. The van der Waals surface area contributed by atoms with Crippen LogP contribution in [-0.4, -0.2) is 17.9 Å². The predicted octanol–water partition coefficient (Wildman–Crippen LogP) is 4.69. The topological polar surface area (TPSA) is 72.2 Å². The third-order valence-corrected chi connectivity index (χ3v) is 5.58. The van der Waals surface area contributed by atoms with Crippen molar-refractivity contribution < 1.29 is 22.8 Å². The third kappa shape index (κ3) is 5.01. The van der Waals surface area contributed by atoms with Crippen LogP contribution in [0.5, 0.6) is 0 Å². The maximum atomic E-state index is 13.9. The molecule has 0 bridgehead atoms. The average molecular weight is 418 g/mol. The van der Waals surface area contributed by atoms with Crippen LogP contribution >= 0.6 is 0 Å². The van der Waals surface area contributed by atoms with Crippen LogP contribution in [0.3, 0.4) is 0 Å². The Morgan fingerprint density at radius 2 is 1.67 bits per heavy atom. The van der Waals surface area contributed by atoms with Crippen molar-refractivity contribution in [3.8, 4) is 0 Å². The van der Waals surface area contributed by atoms with Gasteiger partial charge in [0, 0.05) is 11.6 Å². The highest BCUT2D eigenvalue weighted by atomic mass is 19.4. The summed E-state index contributed by atoms with van der Waals surface area (Å²) in [5, 5.41) is 2.95. The van der Waals surface area contributed by atoms with Gasteiger partial charge >= 0.3 is 6.18 Å². The molecule has 3 N–H and O–H groups in total. The number of hydrogen-bond donors (Lipinski definition) is 2. The lowest BCUT2D eigenvalue weighted by atomic mass is 9.85. The van der Waals surface area contributed by atoms with Crippen LogP contribution in [0.25, 0.3) is 0 Å². The molecule has 2 aromatic rings. The zero-order chi connectivity index (χ0) is 21.9. The van der Waals surface area contributed by atoms with Gasteiger partial charge in [0.2, 0.25) is 11.8 Å². The van der Waals surface area contributed by atoms with E-state index in [2.05, 4.69) is 5.32 Å². The SMILES string of the molecule is Cc1ccc(C(C(=O)NC2CCCCC2)c2ccc(C(N)=O)cc2C(F)(F)F)cc1. The van der Waals surface area contributed by atoms with Crippen LogP contribution in [-0.2, 0) is 11.0 Å². The standard InChI is InChI=1S/C23H25F3N2O2/c1-14-7-9-15(10-8-14)20(22(30)28-17-5-3-2-4-6-17)18-12-11-16(21(27)29)13-19(18)23(24,25)26/h7-13,17,20H,2-6H2,1H3,(H2,27,29)(H,28,30). The lowest BCUT2D eigenvalue weighted by Gasteiger charge is -2.27. The Kier molecular flexibility index (Phi) is 6.48. The number of carbonyl (C=O) groups is 2. The molecule has 2 aromatic carbocycles. The molecule has 1 atom stereocenters. The lowest BCUT2D eigenvalue weighted by molar-refractivity contribution is -0.138. The van der Waals surface area contributed by atoms with Gasteiger partial charge in [0.05, 0.1) is 11.5 Å². The highest BCUT2D eigenvalue weighted by molar-refractivity contribution is 5.94. The Hall–Kier alpha value is -2.83. The molecule has 1 unspecified atom stereocenters. The molecule has 160 valence electrons. The van der Waals surface area contributed by atoms with Crippen molar-refractivity contribution in [1.29, 1.82) is 0 Å². The zero-order valence-electron chi connectivity index (χ0n) is 16.8. The van der Waals surface area contributed by atoms with Gasteiger partial charge < -0.3 is 11.1 Å². The number of alkyl halides is 3. The van der Waals surface area contributed by atoms with Crippen LogP contribution < -0.4 is 11.1 Å². The van der Waals surface area contributed by atoms with E-state index in [4.69, 9.17) is 5.73 Å². The molecule has 0 radical (unpaired) electrons. The smallest absolute Gasteiger partial charge is 0.366 e. The van der Waals surface area contributed by atoms with Crippen molar-refractivity contribution in [2.75, 3.05) is 0 Å². The molecule has 0 aliphatic heterocycles. The predicted molar refractivity (Wildman–Crippen MR) is 108 cm³/mol. The number of nitrogens with one attached hydrogen (secondary N) is 1. The van der Waals surface area contributed by atoms with E-state index in [9.17, 15) is 22.8 Å². The first-order valence-electron chi connectivity index (χ1n) is 10.0. The molecule has 2 amide bonds. The van der Waals surface area contributed by atoms with Gasteiger partial charge in [0.15, 0.2) is 0 Å².